The Morgan fingerprint density at radius 2 is 2.15 bits per heavy atom. The van der Waals surface area contributed by atoms with Gasteiger partial charge in [0.1, 0.15) is 0 Å². The molecule has 0 aromatic heterocycles. The van der Waals surface area contributed by atoms with Gasteiger partial charge in [-0.3, -0.25) is 0 Å². The molecule has 2 rings (SSSR count). The molecule has 112 valence electrons. The zero-order chi connectivity index (χ0) is 14.5. The molecule has 1 heterocycles. The third kappa shape index (κ3) is 4.04. The number of rotatable bonds is 7. The van der Waals surface area contributed by atoms with Crippen LogP contribution in [0.5, 0.6) is 0 Å². The number of benzene rings is 1. The predicted octanol–water partition coefficient (Wildman–Crippen LogP) is 2.69. The van der Waals surface area contributed by atoms with Gasteiger partial charge in [0.25, 0.3) is 0 Å². The molecule has 1 unspecified atom stereocenters. The van der Waals surface area contributed by atoms with Gasteiger partial charge in [-0.25, -0.2) is 0 Å². The van der Waals surface area contributed by atoms with Gasteiger partial charge in [-0.1, -0.05) is 6.07 Å². The highest BCUT2D eigenvalue weighted by Crippen LogP contribution is 2.33. The van der Waals surface area contributed by atoms with Gasteiger partial charge in [-0.2, -0.15) is 0 Å². The van der Waals surface area contributed by atoms with E-state index >= 15 is 0 Å². The van der Waals surface area contributed by atoms with Crippen LogP contribution in [0.1, 0.15) is 18.4 Å². The van der Waals surface area contributed by atoms with E-state index in [2.05, 4.69) is 35.0 Å². The average Bonchev–Trinajstić information content (AvgIpc) is 2.70. The number of nitrogens with zero attached hydrogens (tertiary/aromatic N) is 2. The van der Waals surface area contributed by atoms with E-state index < -0.39 is 11.2 Å². The van der Waals surface area contributed by atoms with E-state index in [1.54, 1.807) is 0 Å². The Bertz CT molecular complexity index is 444. The molecule has 0 spiro atoms. The Morgan fingerprint density at radius 1 is 1.35 bits per heavy atom. The summed E-state index contributed by atoms with van der Waals surface area (Å²) in [7, 11) is 4.10. The van der Waals surface area contributed by atoms with Crippen LogP contribution in [0.25, 0.3) is 0 Å². The first-order valence-electron chi connectivity index (χ1n) is 7.09. The summed E-state index contributed by atoms with van der Waals surface area (Å²) in [4.78, 5) is 5.33. The van der Waals surface area contributed by atoms with Gasteiger partial charge in [0.15, 0.2) is 10.8 Å². The number of hydrogen-bond acceptors (Lipinski definition) is 3. The van der Waals surface area contributed by atoms with Crippen molar-refractivity contribution in [1.82, 2.24) is 4.90 Å². The Labute approximate surface area is 130 Å². The molecule has 0 saturated carbocycles. The Kier molecular flexibility index (Phi) is 6.02. The second kappa shape index (κ2) is 7.55. The molecule has 0 saturated heterocycles. The lowest BCUT2D eigenvalue weighted by Crippen LogP contribution is -2.21. The van der Waals surface area contributed by atoms with Crippen LogP contribution < -0.4 is 4.90 Å². The number of alkyl halides is 1. The van der Waals surface area contributed by atoms with Crippen molar-refractivity contribution < 1.29 is 4.55 Å². The van der Waals surface area contributed by atoms with Crippen molar-refractivity contribution in [2.24, 2.45) is 0 Å². The van der Waals surface area contributed by atoms with E-state index in [-0.39, 0.29) is 0 Å². The van der Waals surface area contributed by atoms with E-state index in [0.29, 0.717) is 11.8 Å². The molecule has 1 aliphatic heterocycles. The monoisotopic (exact) mass is 314 g/mol. The first-order chi connectivity index (χ1) is 9.61. The van der Waals surface area contributed by atoms with Gasteiger partial charge >= 0.3 is 0 Å². The molecule has 0 fully saturated rings. The molecule has 1 atom stereocenters. The van der Waals surface area contributed by atoms with Gasteiger partial charge in [-0.05, 0) is 50.6 Å². The highest BCUT2D eigenvalue weighted by molar-refractivity contribution is 7.92. The summed E-state index contributed by atoms with van der Waals surface area (Å²) < 4.78 is 12.0. The van der Waals surface area contributed by atoms with Crippen LogP contribution in [0, 0.1) is 0 Å². The molecule has 5 heteroatoms. The minimum absolute atomic E-state index is 0.627. The Balaban J connectivity index is 1.81. The van der Waals surface area contributed by atoms with Crippen LogP contribution in [0.3, 0.4) is 0 Å². The van der Waals surface area contributed by atoms with Crippen molar-refractivity contribution in [3.63, 3.8) is 0 Å². The van der Waals surface area contributed by atoms with Crippen molar-refractivity contribution in [2.75, 3.05) is 43.8 Å². The van der Waals surface area contributed by atoms with Crippen molar-refractivity contribution in [1.29, 1.82) is 0 Å². The van der Waals surface area contributed by atoms with Crippen LogP contribution >= 0.6 is 11.6 Å². The minimum Gasteiger partial charge on any atom is -0.610 e. The SMILES string of the molecule is CN(CCCl)CCCCc1ccc2c(c1)[S+]([O-])CN2C. The maximum Gasteiger partial charge on any atom is 0.183 e. The number of fused-ring (bicyclic) bond motifs is 1. The molecule has 1 aromatic carbocycles. The minimum atomic E-state index is -0.852. The van der Waals surface area contributed by atoms with Crippen LogP contribution in [-0.2, 0) is 17.6 Å². The van der Waals surface area contributed by atoms with Crippen molar-refractivity contribution in [2.45, 2.75) is 24.2 Å². The summed E-state index contributed by atoms with van der Waals surface area (Å²) in [5.74, 6) is 1.32. The van der Waals surface area contributed by atoms with Gasteiger partial charge in [0.05, 0.1) is 5.69 Å². The lowest BCUT2D eigenvalue weighted by Gasteiger charge is -2.14. The number of unbranched alkanes of at least 4 members (excludes halogenated alkanes) is 1. The summed E-state index contributed by atoms with van der Waals surface area (Å²) in [6, 6.07) is 6.40. The zero-order valence-corrected chi connectivity index (χ0v) is 13.8. The second-order valence-corrected chi connectivity index (χ2v) is 7.19. The maximum atomic E-state index is 12.0. The fraction of sp³-hybridized carbons (Fsp3) is 0.600. The highest BCUT2D eigenvalue weighted by Gasteiger charge is 2.28. The summed E-state index contributed by atoms with van der Waals surface area (Å²) in [6.45, 7) is 2.04. The van der Waals surface area contributed by atoms with Crippen LogP contribution in [0.15, 0.2) is 23.1 Å². The summed E-state index contributed by atoms with van der Waals surface area (Å²) in [5.41, 5.74) is 2.42. The highest BCUT2D eigenvalue weighted by atomic mass is 35.5. The molecule has 3 nitrogen and oxygen atoms in total. The van der Waals surface area contributed by atoms with Crippen molar-refractivity contribution >= 4 is 28.5 Å². The molecule has 20 heavy (non-hydrogen) atoms. The van der Waals surface area contributed by atoms with Gasteiger partial charge < -0.3 is 14.4 Å². The molecular weight excluding hydrogens is 292 g/mol. The van der Waals surface area contributed by atoms with Crippen molar-refractivity contribution in [3.8, 4) is 0 Å². The van der Waals surface area contributed by atoms with E-state index in [9.17, 15) is 4.55 Å². The lowest BCUT2D eigenvalue weighted by atomic mass is 10.1. The molecule has 0 radical (unpaired) electrons. The van der Waals surface area contributed by atoms with Gasteiger partial charge in [-0.15, -0.1) is 11.6 Å². The van der Waals surface area contributed by atoms with E-state index in [1.807, 2.05) is 7.05 Å². The number of halogens is 1. The third-order valence-electron chi connectivity index (χ3n) is 3.71. The summed E-state index contributed by atoms with van der Waals surface area (Å²) in [6.07, 6.45) is 3.39. The molecular formula is C15H23ClN2OS. The second-order valence-electron chi connectivity index (χ2n) is 5.42. The lowest BCUT2D eigenvalue weighted by molar-refractivity contribution is 0.345. The molecule has 0 bridgehead atoms. The van der Waals surface area contributed by atoms with Gasteiger partial charge in [0, 0.05) is 30.6 Å². The number of hydrogen-bond donors (Lipinski definition) is 0. The normalized spacial score (nSPS) is 17.9. The molecule has 0 amide bonds. The fourth-order valence-corrected chi connectivity index (χ4v) is 4.15. The quantitative estimate of drug-likeness (QED) is 0.440. The van der Waals surface area contributed by atoms with Crippen LogP contribution in [0.4, 0.5) is 5.69 Å². The standard InChI is InChI=1S/C15H23ClN2OS/c1-17(10-8-16)9-4-3-5-13-6-7-14-15(11-13)20(19)12-18(14)2/h6-7,11H,3-5,8-10,12H2,1-2H3. The summed E-state index contributed by atoms with van der Waals surface area (Å²) >= 11 is 4.86. The smallest absolute Gasteiger partial charge is 0.183 e. The van der Waals surface area contributed by atoms with E-state index in [4.69, 9.17) is 11.6 Å². The average molecular weight is 315 g/mol. The van der Waals surface area contributed by atoms with Crippen LogP contribution in [0.2, 0.25) is 0 Å². The zero-order valence-electron chi connectivity index (χ0n) is 12.3. The first kappa shape index (κ1) is 16.0. The maximum absolute atomic E-state index is 12.0. The molecule has 1 aromatic rings. The topological polar surface area (TPSA) is 29.5 Å². The van der Waals surface area contributed by atoms with Crippen molar-refractivity contribution in [3.05, 3.63) is 23.8 Å². The Hall–Kier alpha value is -0.420. The Morgan fingerprint density at radius 3 is 2.90 bits per heavy atom. The van der Waals surface area contributed by atoms with Gasteiger partial charge in [0.2, 0.25) is 0 Å². The van der Waals surface area contributed by atoms with E-state index in [0.717, 1.165) is 36.5 Å². The largest absolute Gasteiger partial charge is 0.610 e. The number of aryl methyl sites for hydroxylation is 1. The fourth-order valence-electron chi connectivity index (χ4n) is 2.49. The molecule has 0 N–H and O–H groups in total. The van der Waals surface area contributed by atoms with E-state index in [1.165, 1.54) is 12.0 Å². The first-order valence-corrected chi connectivity index (χ1v) is 8.94. The molecule has 1 aliphatic rings. The van der Waals surface area contributed by atoms with Crippen LogP contribution in [-0.4, -0.2) is 48.4 Å². The number of anilines is 1. The molecule has 0 aliphatic carbocycles. The summed E-state index contributed by atoms with van der Waals surface area (Å²) in [5, 5.41) is 0. The third-order valence-corrected chi connectivity index (χ3v) is 5.32. The predicted molar refractivity (Wildman–Crippen MR) is 87.3 cm³/mol.